The monoisotopic (exact) mass is 470 g/mol. The van der Waals surface area contributed by atoms with Crippen LogP contribution in [-0.2, 0) is 20.0 Å². The lowest BCUT2D eigenvalue weighted by Crippen LogP contribution is -2.18. The van der Waals surface area contributed by atoms with Gasteiger partial charge >= 0.3 is 0 Å². The van der Waals surface area contributed by atoms with Gasteiger partial charge in [0.2, 0.25) is 0 Å². The predicted octanol–water partition coefficient (Wildman–Crippen LogP) is 2.93. The normalized spacial score (nSPS) is 12.3. The summed E-state index contributed by atoms with van der Waals surface area (Å²) in [4.78, 5) is 4.55. The summed E-state index contributed by atoms with van der Waals surface area (Å²) >= 11 is 0. The highest BCUT2D eigenvalue weighted by Gasteiger charge is 2.12. The summed E-state index contributed by atoms with van der Waals surface area (Å²) in [5.74, 6) is 0. The second kappa shape index (κ2) is 9.75. The fraction of sp³-hybridized carbons (Fsp3) is 0.0909. The van der Waals surface area contributed by atoms with E-state index < -0.39 is 20.0 Å². The average Bonchev–Trinajstić information content (AvgIpc) is 2.74. The molecule has 0 heterocycles. The molecule has 0 aliphatic carbocycles. The molecular weight excluding hydrogens is 448 g/mol. The summed E-state index contributed by atoms with van der Waals surface area (Å²) in [5.41, 5.74) is 3.10. The van der Waals surface area contributed by atoms with Gasteiger partial charge in [-0.3, -0.25) is 0 Å². The van der Waals surface area contributed by atoms with E-state index in [4.69, 9.17) is 0 Å². The van der Waals surface area contributed by atoms with Crippen LogP contribution in [0.5, 0.6) is 0 Å². The Morgan fingerprint density at radius 1 is 0.625 bits per heavy atom. The van der Waals surface area contributed by atoms with E-state index in [2.05, 4.69) is 19.9 Å². The molecule has 0 amide bonds. The van der Waals surface area contributed by atoms with Crippen LogP contribution in [0.25, 0.3) is 0 Å². The van der Waals surface area contributed by atoms with Gasteiger partial charge in [-0.2, -0.15) is 27.0 Å². The van der Waals surface area contributed by atoms with E-state index in [-0.39, 0.29) is 9.79 Å². The number of hydrogen-bond acceptors (Lipinski definition) is 6. The molecule has 3 aromatic carbocycles. The number of nitrogens with zero attached hydrogens (tertiary/aromatic N) is 2. The number of sulfonamides is 2. The number of rotatable bonds is 8. The molecule has 3 aromatic rings. The zero-order chi connectivity index (χ0) is 23.2. The van der Waals surface area contributed by atoms with Crippen molar-refractivity contribution < 1.29 is 16.8 Å². The van der Waals surface area contributed by atoms with Gasteiger partial charge in [-0.25, -0.2) is 9.66 Å². The standard InChI is InChI=1S/C22H22N4O4S2/c1-17-6-10-21(11-7-17)31(27,28)25-23-15-19-4-3-5-20(14-19)16-24-26-32(29,30)22-12-8-18(2)9-13-22/h3-16,25-26H,1-2H3/b23-15+,24-16+. The molecule has 32 heavy (non-hydrogen) atoms. The first-order chi connectivity index (χ1) is 15.2. The highest BCUT2D eigenvalue weighted by Crippen LogP contribution is 2.11. The second-order valence-corrected chi connectivity index (χ2v) is 10.3. The van der Waals surface area contributed by atoms with Crippen LogP contribution in [-0.4, -0.2) is 29.3 Å². The molecule has 0 aliphatic rings. The summed E-state index contributed by atoms with van der Waals surface area (Å²) in [5, 5.41) is 7.60. The molecule has 166 valence electrons. The fourth-order valence-corrected chi connectivity index (χ4v) is 4.18. The minimum Gasteiger partial charge on any atom is -0.200 e. The molecule has 0 aliphatic heterocycles. The summed E-state index contributed by atoms with van der Waals surface area (Å²) in [7, 11) is -7.54. The van der Waals surface area contributed by atoms with E-state index in [1.54, 1.807) is 48.5 Å². The van der Waals surface area contributed by atoms with Crippen LogP contribution in [0.2, 0.25) is 0 Å². The van der Waals surface area contributed by atoms with E-state index in [9.17, 15) is 16.8 Å². The van der Waals surface area contributed by atoms with Gasteiger partial charge in [-0.05, 0) is 55.3 Å². The Bertz CT molecular complexity index is 1250. The van der Waals surface area contributed by atoms with Gasteiger partial charge in [0, 0.05) is 0 Å². The van der Waals surface area contributed by atoms with Crippen molar-refractivity contribution in [1.82, 2.24) is 9.66 Å². The van der Waals surface area contributed by atoms with E-state index in [0.29, 0.717) is 11.1 Å². The molecule has 0 bridgehead atoms. The Labute approximate surface area is 187 Å². The van der Waals surface area contributed by atoms with Gasteiger partial charge in [0.1, 0.15) is 0 Å². The average molecular weight is 471 g/mol. The molecule has 0 aromatic heterocycles. The topological polar surface area (TPSA) is 117 Å². The molecule has 3 rings (SSSR count). The van der Waals surface area contributed by atoms with E-state index >= 15 is 0 Å². The molecule has 0 spiro atoms. The van der Waals surface area contributed by atoms with Crippen LogP contribution < -0.4 is 9.66 Å². The van der Waals surface area contributed by atoms with Crippen molar-refractivity contribution >= 4 is 32.5 Å². The first-order valence-electron chi connectivity index (χ1n) is 9.49. The minimum absolute atomic E-state index is 0.113. The van der Waals surface area contributed by atoms with Crippen LogP contribution in [0.4, 0.5) is 0 Å². The highest BCUT2D eigenvalue weighted by atomic mass is 32.2. The first-order valence-corrected chi connectivity index (χ1v) is 12.5. The Balaban J connectivity index is 1.65. The summed E-state index contributed by atoms with van der Waals surface area (Å²) in [6, 6.07) is 19.6. The first kappa shape index (κ1) is 23.2. The molecule has 2 N–H and O–H groups in total. The lowest BCUT2D eigenvalue weighted by molar-refractivity contribution is 0.583. The second-order valence-electron chi connectivity index (χ2n) is 7.00. The molecule has 0 saturated heterocycles. The molecular formula is C22H22N4O4S2. The molecule has 0 atom stereocenters. The van der Waals surface area contributed by atoms with Crippen molar-refractivity contribution in [1.29, 1.82) is 0 Å². The van der Waals surface area contributed by atoms with Crippen molar-refractivity contribution in [2.45, 2.75) is 23.6 Å². The highest BCUT2D eigenvalue weighted by molar-refractivity contribution is 7.89. The predicted molar refractivity (Wildman–Crippen MR) is 125 cm³/mol. The quantitative estimate of drug-likeness (QED) is 0.389. The third-order valence-electron chi connectivity index (χ3n) is 4.35. The van der Waals surface area contributed by atoms with Gasteiger partial charge in [-0.15, -0.1) is 0 Å². The number of hydrazone groups is 2. The maximum atomic E-state index is 12.3. The number of nitrogens with one attached hydrogen (secondary N) is 2. The van der Waals surface area contributed by atoms with Crippen LogP contribution in [0.15, 0.2) is 92.8 Å². The summed E-state index contributed by atoms with van der Waals surface area (Å²) in [6.45, 7) is 3.73. The molecule has 10 heteroatoms. The van der Waals surface area contributed by atoms with Crippen molar-refractivity contribution in [2.24, 2.45) is 10.2 Å². The van der Waals surface area contributed by atoms with Gasteiger partial charge in [-0.1, -0.05) is 53.6 Å². The largest absolute Gasteiger partial charge is 0.276 e. The lowest BCUT2D eigenvalue weighted by Gasteiger charge is -2.04. The summed E-state index contributed by atoms with van der Waals surface area (Å²) in [6.07, 6.45) is 2.69. The fourth-order valence-electron chi connectivity index (χ4n) is 2.60. The van der Waals surface area contributed by atoms with Gasteiger partial charge in [0.25, 0.3) is 20.0 Å². The smallest absolute Gasteiger partial charge is 0.200 e. The van der Waals surface area contributed by atoms with E-state index in [0.717, 1.165) is 11.1 Å². The van der Waals surface area contributed by atoms with Gasteiger partial charge < -0.3 is 0 Å². The van der Waals surface area contributed by atoms with Crippen LogP contribution in [0.1, 0.15) is 22.3 Å². The summed E-state index contributed by atoms with van der Waals surface area (Å²) < 4.78 is 49.0. The number of aryl methyl sites for hydroxylation is 2. The molecule has 8 nitrogen and oxygen atoms in total. The molecule has 0 radical (unpaired) electrons. The van der Waals surface area contributed by atoms with Crippen molar-refractivity contribution in [3.05, 3.63) is 95.1 Å². The van der Waals surface area contributed by atoms with Crippen molar-refractivity contribution in [2.75, 3.05) is 0 Å². The maximum absolute atomic E-state index is 12.3. The van der Waals surface area contributed by atoms with E-state index in [1.807, 2.05) is 13.8 Å². The minimum atomic E-state index is -3.77. The third-order valence-corrected chi connectivity index (χ3v) is 6.82. The van der Waals surface area contributed by atoms with Gasteiger partial charge in [0.15, 0.2) is 0 Å². The van der Waals surface area contributed by atoms with Crippen LogP contribution >= 0.6 is 0 Å². The zero-order valence-corrected chi connectivity index (χ0v) is 19.1. The van der Waals surface area contributed by atoms with E-state index in [1.165, 1.54) is 36.7 Å². The Kier molecular flexibility index (Phi) is 7.06. The number of benzene rings is 3. The Morgan fingerprint density at radius 3 is 1.38 bits per heavy atom. The van der Waals surface area contributed by atoms with Crippen molar-refractivity contribution in [3.8, 4) is 0 Å². The molecule has 0 fully saturated rings. The van der Waals surface area contributed by atoms with Crippen molar-refractivity contribution in [3.63, 3.8) is 0 Å². The third kappa shape index (κ3) is 6.25. The Morgan fingerprint density at radius 2 is 1.00 bits per heavy atom. The lowest BCUT2D eigenvalue weighted by atomic mass is 10.1. The van der Waals surface area contributed by atoms with Crippen LogP contribution in [0, 0.1) is 13.8 Å². The SMILES string of the molecule is Cc1ccc(S(=O)(=O)N/N=C/c2cccc(/C=N/NS(=O)(=O)c3ccc(C)cc3)c2)cc1. The van der Waals surface area contributed by atoms with Crippen LogP contribution in [0.3, 0.4) is 0 Å². The molecule has 0 unspecified atom stereocenters. The van der Waals surface area contributed by atoms with Gasteiger partial charge in [0.05, 0.1) is 22.2 Å². The Hall–Kier alpha value is -3.50. The maximum Gasteiger partial charge on any atom is 0.276 e. The molecule has 0 saturated carbocycles. The zero-order valence-electron chi connectivity index (χ0n) is 17.4. The number of hydrogen-bond donors (Lipinski definition) is 2.